The van der Waals surface area contributed by atoms with Crippen LogP contribution in [0.4, 0.5) is 0 Å². The molecule has 2 N–H and O–H groups in total. The van der Waals surface area contributed by atoms with E-state index in [9.17, 15) is 0 Å². The molecule has 1 saturated carbocycles. The van der Waals surface area contributed by atoms with E-state index >= 15 is 0 Å². The fraction of sp³-hybridized carbons (Fsp3) is 0.857. The normalized spacial score (nSPS) is 18.9. The Kier molecular flexibility index (Phi) is 6.85. The van der Waals surface area contributed by atoms with Crippen molar-refractivity contribution in [2.75, 3.05) is 0 Å². The fourth-order valence-corrected chi connectivity index (χ4v) is 2.65. The molecule has 0 saturated heterocycles. The number of thiocarbonyl (C=S) groups is 1. The van der Waals surface area contributed by atoms with E-state index in [1.807, 2.05) is 0 Å². The van der Waals surface area contributed by atoms with Crippen LogP contribution in [-0.4, -0.2) is 28.4 Å². The molecule has 0 aromatic carbocycles. The third-order valence-electron chi connectivity index (χ3n) is 1.84. The van der Waals surface area contributed by atoms with Crippen LogP contribution in [0.2, 0.25) is 0 Å². The van der Waals surface area contributed by atoms with Crippen molar-refractivity contribution in [3.63, 3.8) is 0 Å². The summed E-state index contributed by atoms with van der Waals surface area (Å²) < 4.78 is 0.617. The average molecular weight is 182 g/mol. The van der Waals surface area contributed by atoms with Crippen LogP contribution in [0.15, 0.2) is 0 Å². The molecular weight excluding hydrogens is 169 g/mol. The molecule has 1 radical (unpaired) electrons. The van der Waals surface area contributed by atoms with Gasteiger partial charge in [-0.2, -0.15) is 0 Å². The van der Waals surface area contributed by atoms with E-state index in [-0.39, 0.29) is 18.9 Å². The molecule has 1 fully saturated rings. The monoisotopic (exact) mass is 182 g/mol. The van der Waals surface area contributed by atoms with Gasteiger partial charge in [0.1, 0.15) is 4.32 Å². The van der Waals surface area contributed by atoms with E-state index in [0.29, 0.717) is 4.32 Å². The van der Waals surface area contributed by atoms with Gasteiger partial charge in [-0.25, -0.2) is 0 Å². The number of hydrogen-bond acceptors (Lipinski definition) is 2. The van der Waals surface area contributed by atoms with E-state index in [2.05, 4.69) is 0 Å². The number of rotatable bonds is 1. The zero-order chi connectivity index (χ0) is 7.40. The third kappa shape index (κ3) is 5.14. The molecule has 11 heavy (non-hydrogen) atoms. The topological polar surface area (TPSA) is 26.0 Å². The van der Waals surface area contributed by atoms with E-state index < -0.39 is 0 Å². The molecule has 59 valence electrons. The van der Waals surface area contributed by atoms with Crippen molar-refractivity contribution >= 4 is 47.2 Å². The first-order chi connectivity index (χ1) is 4.79. The molecule has 0 spiro atoms. The number of hydrogen-bond donors (Lipinski definition) is 1. The first-order valence-electron chi connectivity index (χ1n) is 3.75. The Labute approximate surface area is 90.0 Å². The molecule has 4 heteroatoms. The molecule has 1 aliphatic carbocycles. The second kappa shape index (κ2) is 6.36. The van der Waals surface area contributed by atoms with Crippen LogP contribution in [0.5, 0.6) is 0 Å². The Morgan fingerprint density at radius 3 is 2.27 bits per heavy atom. The van der Waals surface area contributed by atoms with E-state index in [4.69, 9.17) is 18.0 Å². The van der Waals surface area contributed by atoms with Gasteiger partial charge in [-0.15, -0.1) is 0 Å². The van der Waals surface area contributed by atoms with Crippen molar-refractivity contribution in [1.82, 2.24) is 0 Å². The summed E-state index contributed by atoms with van der Waals surface area (Å²) in [5.74, 6) is 0. The molecule has 0 aromatic rings. The zero-order valence-electron chi connectivity index (χ0n) is 7.01. The maximum Gasteiger partial charge on any atom is 0.131 e. The second-order valence-electron chi connectivity index (χ2n) is 2.70. The molecule has 0 bridgehead atoms. The molecular formula is C7H13LiNS2. The minimum absolute atomic E-state index is 0. The Bertz CT molecular complexity index is 124. The van der Waals surface area contributed by atoms with Crippen molar-refractivity contribution in [2.24, 2.45) is 5.73 Å². The predicted molar refractivity (Wildman–Crippen MR) is 57.0 cm³/mol. The van der Waals surface area contributed by atoms with Gasteiger partial charge in [0.2, 0.25) is 0 Å². The quantitative estimate of drug-likeness (QED) is 0.495. The van der Waals surface area contributed by atoms with Crippen molar-refractivity contribution in [3.05, 3.63) is 0 Å². The van der Waals surface area contributed by atoms with Crippen LogP contribution in [0.3, 0.4) is 0 Å². The van der Waals surface area contributed by atoms with Crippen LogP contribution in [0.1, 0.15) is 32.1 Å². The summed E-state index contributed by atoms with van der Waals surface area (Å²) in [6.07, 6.45) is 6.74. The minimum Gasteiger partial charge on any atom is -0.385 e. The zero-order valence-corrected chi connectivity index (χ0v) is 8.64. The molecule has 1 rings (SSSR count). The molecule has 1 nitrogen and oxygen atoms in total. The van der Waals surface area contributed by atoms with Crippen molar-refractivity contribution in [1.29, 1.82) is 0 Å². The van der Waals surface area contributed by atoms with Crippen LogP contribution in [-0.2, 0) is 0 Å². The Hall–Kier alpha value is 0.837. The number of thioether (sulfide) groups is 1. The maximum absolute atomic E-state index is 5.42. The summed E-state index contributed by atoms with van der Waals surface area (Å²) in [6, 6.07) is 0. The molecule has 1 aliphatic rings. The molecule has 0 atom stereocenters. The van der Waals surface area contributed by atoms with Gasteiger partial charge in [0.05, 0.1) is 0 Å². The van der Waals surface area contributed by atoms with Gasteiger partial charge in [0.15, 0.2) is 0 Å². The number of nitrogens with two attached hydrogens (primary N) is 1. The first kappa shape index (κ1) is 11.8. The van der Waals surface area contributed by atoms with Gasteiger partial charge in [0.25, 0.3) is 0 Å². The molecule has 0 aromatic heterocycles. The summed E-state index contributed by atoms with van der Waals surface area (Å²) in [5, 5.41) is 0.728. The average Bonchev–Trinajstić information content (AvgIpc) is 1.88. The second-order valence-corrected chi connectivity index (χ2v) is 4.74. The Morgan fingerprint density at radius 2 is 1.82 bits per heavy atom. The Balaban J connectivity index is 0.000001000. The summed E-state index contributed by atoms with van der Waals surface area (Å²) in [5.41, 5.74) is 5.42. The Morgan fingerprint density at radius 1 is 1.27 bits per heavy atom. The SMILES string of the molecule is NC(=S)SC1CCCCC1.[Li]. The van der Waals surface area contributed by atoms with Crippen LogP contribution in [0.25, 0.3) is 0 Å². The van der Waals surface area contributed by atoms with Gasteiger partial charge in [-0.05, 0) is 12.8 Å². The van der Waals surface area contributed by atoms with Crippen LogP contribution < -0.4 is 5.73 Å². The molecule has 0 aliphatic heterocycles. The van der Waals surface area contributed by atoms with Crippen LogP contribution >= 0.6 is 24.0 Å². The summed E-state index contributed by atoms with van der Waals surface area (Å²) in [6.45, 7) is 0. The largest absolute Gasteiger partial charge is 0.385 e. The van der Waals surface area contributed by atoms with Gasteiger partial charge < -0.3 is 5.73 Å². The summed E-state index contributed by atoms with van der Waals surface area (Å²) >= 11 is 6.50. The van der Waals surface area contributed by atoms with Crippen LogP contribution in [0, 0.1) is 0 Å². The van der Waals surface area contributed by atoms with Crippen molar-refractivity contribution in [3.8, 4) is 0 Å². The van der Waals surface area contributed by atoms with Gasteiger partial charge >= 0.3 is 0 Å². The third-order valence-corrected chi connectivity index (χ3v) is 3.16. The molecule has 0 heterocycles. The first-order valence-corrected chi connectivity index (χ1v) is 5.04. The van der Waals surface area contributed by atoms with Gasteiger partial charge in [-0.1, -0.05) is 43.2 Å². The summed E-state index contributed by atoms with van der Waals surface area (Å²) in [7, 11) is 0. The molecule has 0 amide bonds. The van der Waals surface area contributed by atoms with Crippen molar-refractivity contribution < 1.29 is 0 Å². The van der Waals surface area contributed by atoms with Gasteiger partial charge in [-0.3, -0.25) is 0 Å². The van der Waals surface area contributed by atoms with E-state index in [1.165, 1.54) is 32.1 Å². The maximum atomic E-state index is 5.42. The predicted octanol–water partition coefficient (Wildman–Crippen LogP) is 1.92. The van der Waals surface area contributed by atoms with Crippen molar-refractivity contribution in [2.45, 2.75) is 37.4 Å². The van der Waals surface area contributed by atoms with E-state index in [1.54, 1.807) is 11.8 Å². The summed E-state index contributed by atoms with van der Waals surface area (Å²) in [4.78, 5) is 0. The van der Waals surface area contributed by atoms with Gasteiger partial charge in [0, 0.05) is 24.1 Å². The fourth-order valence-electron chi connectivity index (χ4n) is 1.35. The minimum atomic E-state index is 0. The molecule has 0 unspecified atom stereocenters. The van der Waals surface area contributed by atoms with E-state index in [0.717, 1.165) is 5.25 Å². The smallest absolute Gasteiger partial charge is 0.131 e. The standard InChI is InChI=1S/C7H13NS2.Li/c8-7(9)10-6-4-2-1-3-5-6;/h6H,1-5H2,(H2,8,9);.